The molecule has 3 heterocycles. The summed E-state index contributed by atoms with van der Waals surface area (Å²) in [4.78, 5) is 18.0. The quantitative estimate of drug-likeness (QED) is 0.799. The Morgan fingerprint density at radius 1 is 1.42 bits per heavy atom. The van der Waals surface area contributed by atoms with Gasteiger partial charge in [-0.05, 0) is 25.1 Å². The number of hydrogen-bond acceptors (Lipinski definition) is 4. The zero-order valence-corrected chi connectivity index (χ0v) is 13.5. The van der Waals surface area contributed by atoms with Gasteiger partial charge in [0.2, 0.25) is 0 Å². The minimum absolute atomic E-state index is 0.0241. The topological polar surface area (TPSA) is 76.0 Å². The third kappa shape index (κ3) is 2.46. The number of carbonyl (C=O) groups is 1. The van der Waals surface area contributed by atoms with Gasteiger partial charge in [-0.3, -0.25) is 4.79 Å². The summed E-state index contributed by atoms with van der Waals surface area (Å²) in [5.41, 5.74) is 1.68. The molecule has 7 heteroatoms. The number of aryl methyl sites for hydroxylation is 1. The van der Waals surface area contributed by atoms with Crippen molar-refractivity contribution in [3.8, 4) is 0 Å². The molecule has 4 rings (SSSR count). The molecule has 124 valence electrons. The van der Waals surface area contributed by atoms with Crippen LogP contribution in [0.15, 0.2) is 36.8 Å². The fourth-order valence-corrected chi connectivity index (χ4v) is 3.19. The lowest BCUT2D eigenvalue weighted by atomic mass is 10.1. The lowest BCUT2D eigenvalue weighted by molar-refractivity contribution is -0.0283. The molecule has 7 nitrogen and oxygen atoms in total. The Labute approximate surface area is 139 Å². The molecule has 3 aromatic rings. The lowest BCUT2D eigenvalue weighted by Crippen LogP contribution is -2.43. The monoisotopic (exact) mass is 325 g/mol. The Kier molecular flexibility index (Phi) is 3.78. The highest BCUT2D eigenvalue weighted by Gasteiger charge is 2.29. The number of nitrogens with one attached hydrogen (secondary N) is 1. The molecule has 0 bridgehead atoms. The Hall–Kier alpha value is -2.67. The van der Waals surface area contributed by atoms with Crippen LogP contribution >= 0.6 is 0 Å². The highest BCUT2D eigenvalue weighted by atomic mass is 16.5. The molecule has 1 aromatic carbocycles. The molecule has 0 radical (unpaired) electrons. The van der Waals surface area contributed by atoms with E-state index >= 15 is 0 Å². The van der Waals surface area contributed by atoms with Crippen molar-refractivity contribution in [3.63, 3.8) is 0 Å². The fourth-order valence-electron chi connectivity index (χ4n) is 3.19. The van der Waals surface area contributed by atoms with Crippen molar-refractivity contribution in [1.29, 1.82) is 0 Å². The maximum absolute atomic E-state index is 13.0. The van der Waals surface area contributed by atoms with E-state index in [1.165, 1.54) is 0 Å². The first-order valence-corrected chi connectivity index (χ1v) is 8.12. The van der Waals surface area contributed by atoms with Crippen LogP contribution in [0.4, 0.5) is 0 Å². The standard InChI is InChI=1S/C17H19N5O2/c1-2-21-11-19-20-16(21)15-10-22(8-9-24-15)17(23)13-4-3-5-14-12(13)6-7-18-14/h3-7,11,15,18H,2,8-10H2,1H3/t15-/m1/s1. The molecule has 1 aliphatic heterocycles. The molecule has 24 heavy (non-hydrogen) atoms. The summed E-state index contributed by atoms with van der Waals surface area (Å²) < 4.78 is 7.78. The van der Waals surface area contributed by atoms with Gasteiger partial charge < -0.3 is 19.2 Å². The summed E-state index contributed by atoms with van der Waals surface area (Å²) in [6.45, 7) is 4.37. The minimum Gasteiger partial charge on any atom is -0.366 e. The number of carbonyl (C=O) groups excluding carboxylic acids is 1. The molecule has 1 fully saturated rings. The van der Waals surface area contributed by atoms with Crippen molar-refractivity contribution in [2.75, 3.05) is 19.7 Å². The van der Waals surface area contributed by atoms with Crippen molar-refractivity contribution in [1.82, 2.24) is 24.6 Å². The Balaban J connectivity index is 1.60. The maximum Gasteiger partial charge on any atom is 0.254 e. The number of fused-ring (bicyclic) bond motifs is 1. The number of ether oxygens (including phenoxy) is 1. The molecule has 0 unspecified atom stereocenters. The molecule has 1 atom stereocenters. The molecule has 1 N–H and O–H groups in total. The molecular formula is C17H19N5O2. The molecule has 1 aliphatic rings. The second-order valence-corrected chi connectivity index (χ2v) is 5.83. The van der Waals surface area contributed by atoms with Gasteiger partial charge in [0.05, 0.1) is 13.2 Å². The fraction of sp³-hybridized carbons (Fsp3) is 0.353. The number of H-pyrrole nitrogens is 1. The first kappa shape index (κ1) is 14.9. The van der Waals surface area contributed by atoms with Gasteiger partial charge >= 0.3 is 0 Å². The van der Waals surface area contributed by atoms with Crippen LogP contribution < -0.4 is 0 Å². The van der Waals surface area contributed by atoms with Crippen LogP contribution in [-0.2, 0) is 11.3 Å². The second kappa shape index (κ2) is 6.09. The summed E-state index contributed by atoms with van der Waals surface area (Å²) in [5.74, 6) is 0.797. The van der Waals surface area contributed by atoms with Crippen molar-refractivity contribution in [3.05, 3.63) is 48.2 Å². The molecule has 0 spiro atoms. The molecular weight excluding hydrogens is 306 g/mol. The van der Waals surface area contributed by atoms with Gasteiger partial charge in [-0.25, -0.2) is 0 Å². The van der Waals surface area contributed by atoms with Gasteiger partial charge in [0.1, 0.15) is 12.4 Å². The van der Waals surface area contributed by atoms with Crippen LogP contribution in [-0.4, -0.2) is 50.3 Å². The van der Waals surface area contributed by atoms with E-state index < -0.39 is 0 Å². The van der Waals surface area contributed by atoms with E-state index in [1.54, 1.807) is 6.33 Å². The van der Waals surface area contributed by atoms with E-state index in [1.807, 2.05) is 46.9 Å². The summed E-state index contributed by atoms with van der Waals surface area (Å²) >= 11 is 0. The summed E-state index contributed by atoms with van der Waals surface area (Å²) in [6, 6.07) is 7.68. The van der Waals surface area contributed by atoms with Crippen molar-refractivity contribution in [2.45, 2.75) is 19.6 Å². The van der Waals surface area contributed by atoms with Crippen LogP contribution in [0.3, 0.4) is 0 Å². The SMILES string of the molecule is CCn1cnnc1[C@H]1CN(C(=O)c2cccc3[nH]ccc23)CCO1. The van der Waals surface area contributed by atoms with Gasteiger partial charge in [0, 0.05) is 35.8 Å². The van der Waals surface area contributed by atoms with E-state index in [9.17, 15) is 4.79 Å². The molecule has 0 saturated carbocycles. The van der Waals surface area contributed by atoms with E-state index in [4.69, 9.17) is 4.74 Å². The zero-order chi connectivity index (χ0) is 16.5. The number of benzene rings is 1. The summed E-state index contributed by atoms with van der Waals surface area (Å²) in [5, 5.41) is 9.07. The van der Waals surface area contributed by atoms with Crippen LogP contribution in [0, 0.1) is 0 Å². The van der Waals surface area contributed by atoms with Gasteiger partial charge in [-0.2, -0.15) is 0 Å². The van der Waals surface area contributed by atoms with Gasteiger partial charge in [0.15, 0.2) is 5.82 Å². The Morgan fingerprint density at radius 2 is 2.33 bits per heavy atom. The number of rotatable bonds is 3. The summed E-state index contributed by atoms with van der Waals surface area (Å²) in [6.07, 6.45) is 3.31. The number of amides is 1. The van der Waals surface area contributed by atoms with Gasteiger partial charge in [0.25, 0.3) is 5.91 Å². The zero-order valence-electron chi connectivity index (χ0n) is 13.5. The minimum atomic E-state index is -0.240. The summed E-state index contributed by atoms with van der Waals surface area (Å²) in [7, 11) is 0. The Bertz CT molecular complexity index is 869. The van der Waals surface area contributed by atoms with Crippen LogP contribution in [0.2, 0.25) is 0 Å². The van der Waals surface area contributed by atoms with Crippen molar-refractivity contribution >= 4 is 16.8 Å². The number of aromatic nitrogens is 4. The van der Waals surface area contributed by atoms with Crippen LogP contribution in [0.5, 0.6) is 0 Å². The largest absolute Gasteiger partial charge is 0.366 e. The van der Waals surface area contributed by atoms with E-state index in [0.717, 1.165) is 23.3 Å². The van der Waals surface area contributed by atoms with Crippen LogP contribution in [0.1, 0.15) is 29.2 Å². The first-order chi connectivity index (χ1) is 11.8. The third-order valence-corrected chi connectivity index (χ3v) is 4.45. The number of aromatic amines is 1. The van der Waals surface area contributed by atoms with Gasteiger partial charge in [-0.15, -0.1) is 10.2 Å². The van der Waals surface area contributed by atoms with Crippen molar-refractivity contribution in [2.24, 2.45) is 0 Å². The highest BCUT2D eigenvalue weighted by molar-refractivity contribution is 6.06. The number of morpholine rings is 1. The highest BCUT2D eigenvalue weighted by Crippen LogP contribution is 2.24. The number of hydrogen-bond donors (Lipinski definition) is 1. The normalized spacial score (nSPS) is 18.2. The van der Waals surface area contributed by atoms with E-state index in [-0.39, 0.29) is 12.0 Å². The molecule has 1 amide bonds. The lowest BCUT2D eigenvalue weighted by Gasteiger charge is -2.32. The smallest absolute Gasteiger partial charge is 0.254 e. The third-order valence-electron chi connectivity index (χ3n) is 4.45. The van der Waals surface area contributed by atoms with E-state index in [0.29, 0.717) is 25.3 Å². The molecule has 1 saturated heterocycles. The van der Waals surface area contributed by atoms with Crippen LogP contribution in [0.25, 0.3) is 10.9 Å². The first-order valence-electron chi connectivity index (χ1n) is 8.12. The Morgan fingerprint density at radius 3 is 3.21 bits per heavy atom. The van der Waals surface area contributed by atoms with E-state index in [2.05, 4.69) is 15.2 Å². The average Bonchev–Trinajstić information content (AvgIpc) is 3.29. The maximum atomic E-state index is 13.0. The van der Waals surface area contributed by atoms with Crippen molar-refractivity contribution < 1.29 is 9.53 Å². The predicted molar refractivity (Wildman–Crippen MR) is 88.6 cm³/mol. The second-order valence-electron chi connectivity index (χ2n) is 5.83. The average molecular weight is 325 g/mol. The number of nitrogens with zero attached hydrogens (tertiary/aromatic N) is 4. The molecule has 2 aromatic heterocycles. The van der Waals surface area contributed by atoms with Gasteiger partial charge in [-0.1, -0.05) is 6.07 Å². The predicted octanol–water partition coefficient (Wildman–Crippen LogP) is 1.99. The molecule has 0 aliphatic carbocycles.